The fourth-order valence-electron chi connectivity index (χ4n) is 2.17. The maximum absolute atomic E-state index is 12.0. The molecule has 1 unspecified atom stereocenters. The van der Waals surface area contributed by atoms with Crippen molar-refractivity contribution in [1.29, 1.82) is 0 Å². The fraction of sp³-hybridized carbons (Fsp3) is 0.588. The average molecular weight is 364 g/mol. The van der Waals surface area contributed by atoms with Crippen molar-refractivity contribution >= 4 is 30.7 Å². The Morgan fingerprint density at radius 2 is 1.74 bits per heavy atom. The molecule has 0 saturated carbocycles. The van der Waals surface area contributed by atoms with Crippen LogP contribution in [0.5, 0.6) is 0 Å². The Balaban J connectivity index is 0. The Bertz CT molecular complexity index is 436. The summed E-state index contributed by atoms with van der Waals surface area (Å²) >= 11 is 0. The van der Waals surface area contributed by atoms with Crippen molar-refractivity contribution in [1.82, 2.24) is 10.2 Å². The van der Waals surface area contributed by atoms with Crippen LogP contribution in [0.4, 0.5) is 0 Å². The number of hydrogen-bond donors (Lipinski definition) is 2. The van der Waals surface area contributed by atoms with E-state index < -0.39 is 0 Å². The fourth-order valence-corrected chi connectivity index (χ4v) is 2.17. The molecule has 134 valence electrons. The Labute approximate surface area is 153 Å². The maximum Gasteiger partial charge on any atom is 0.251 e. The third-order valence-corrected chi connectivity index (χ3v) is 3.62. The number of nitrogens with one attached hydrogen (secondary N) is 1. The van der Waals surface area contributed by atoms with Crippen LogP contribution in [0.2, 0.25) is 0 Å². The number of rotatable bonds is 8. The Hall–Kier alpha value is -0.810. The van der Waals surface area contributed by atoms with Crippen LogP contribution in [-0.2, 0) is 6.54 Å². The summed E-state index contributed by atoms with van der Waals surface area (Å²) in [5.74, 6) is -0.0293. The van der Waals surface area contributed by atoms with E-state index in [1.54, 1.807) is 0 Å². The van der Waals surface area contributed by atoms with Gasteiger partial charge in [-0.25, -0.2) is 0 Å². The van der Waals surface area contributed by atoms with Crippen LogP contribution in [-0.4, -0.2) is 36.0 Å². The van der Waals surface area contributed by atoms with Gasteiger partial charge in [0.25, 0.3) is 5.91 Å². The van der Waals surface area contributed by atoms with E-state index in [1.807, 2.05) is 31.2 Å². The highest BCUT2D eigenvalue weighted by Gasteiger charge is 2.09. The van der Waals surface area contributed by atoms with Crippen LogP contribution >= 0.6 is 24.8 Å². The van der Waals surface area contributed by atoms with Gasteiger partial charge in [0.05, 0.1) is 0 Å². The van der Waals surface area contributed by atoms with Gasteiger partial charge in [-0.15, -0.1) is 24.8 Å². The number of carbonyl (C=O) groups is 1. The molecule has 3 N–H and O–H groups in total. The monoisotopic (exact) mass is 363 g/mol. The lowest BCUT2D eigenvalue weighted by Gasteiger charge is -2.24. The lowest BCUT2D eigenvalue weighted by atomic mass is 10.1. The molecular formula is C17H31Cl2N3O. The molecule has 1 aromatic rings. The molecule has 0 fully saturated rings. The van der Waals surface area contributed by atoms with Crippen LogP contribution in [0.15, 0.2) is 24.3 Å². The highest BCUT2D eigenvalue weighted by molar-refractivity contribution is 5.94. The minimum atomic E-state index is -0.0293. The van der Waals surface area contributed by atoms with Crippen molar-refractivity contribution in [3.8, 4) is 0 Å². The van der Waals surface area contributed by atoms with Gasteiger partial charge in [0.1, 0.15) is 0 Å². The zero-order chi connectivity index (χ0) is 15.8. The third kappa shape index (κ3) is 9.16. The molecule has 0 aliphatic heterocycles. The summed E-state index contributed by atoms with van der Waals surface area (Å²) in [6.45, 7) is 11.1. The third-order valence-electron chi connectivity index (χ3n) is 3.62. The van der Waals surface area contributed by atoms with E-state index in [9.17, 15) is 4.79 Å². The first kappa shape index (κ1) is 24.4. The van der Waals surface area contributed by atoms with Gasteiger partial charge >= 0.3 is 0 Å². The Kier molecular flexibility index (Phi) is 13.4. The second kappa shape index (κ2) is 12.6. The van der Waals surface area contributed by atoms with Gasteiger partial charge in [0, 0.05) is 30.7 Å². The molecule has 0 saturated heterocycles. The van der Waals surface area contributed by atoms with Crippen molar-refractivity contribution < 1.29 is 4.79 Å². The van der Waals surface area contributed by atoms with E-state index >= 15 is 0 Å². The highest BCUT2D eigenvalue weighted by atomic mass is 35.5. The second-order valence-electron chi connectivity index (χ2n) is 5.88. The van der Waals surface area contributed by atoms with E-state index in [1.165, 1.54) is 5.56 Å². The van der Waals surface area contributed by atoms with Crippen molar-refractivity contribution in [3.05, 3.63) is 35.4 Å². The second-order valence-corrected chi connectivity index (χ2v) is 5.88. The van der Waals surface area contributed by atoms with E-state index in [0.29, 0.717) is 18.2 Å². The molecule has 4 nitrogen and oxygen atoms in total. The van der Waals surface area contributed by atoms with Gasteiger partial charge in [-0.2, -0.15) is 0 Å². The summed E-state index contributed by atoms with van der Waals surface area (Å²) in [4.78, 5) is 14.3. The first-order valence-corrected chi connectivity index (χ1v) is 7.80. The summed E-state index contributed by atoms with van der Waals surface area (Å²) in [6, 6.07) is 8.49. The zero-order valence-electron chi connectivity index (χ0n) is 14.5. The average Bonchev–Trinajstić information content (AvgIpc) is 2.44. The summed E-state index contributed by atoms with van der Waals surface area (Å²) < 4.78 is 0. The highest BCUT2D eigenvalue weighted by Crippen LogP contribution is 2.10. The largest absolute Gasteiger partial charge is 0.352 e. The molecule has 1 atom stereocenters. The lowest BCUT2D eigenvalue weighted by Crippen LogP contribution is -2.30. The number of benzene rings is 1. The predicted octanol–water partition coefficient (Wildman–Crippen LogP) is 3.23. The maximum atomic E-state index is 12.0. The molecule has 6 heteroatoms. The quantitative estimate of drug-likeness (QED) is 0.745. The molecule has 1 aromatic carbocycles. The van der Waals surface area contributed by atoms with Crippen LogP contribution in [0.1, 0.15) is 50.0 Å². The minimum Gasteiger partial charge on any atom is -0.352 e. The molecule has 0 aliphatic rings. The van der Waals surface area contributed by atoms with Crippen molar-refractivity contribution in [2.45, 2.75) is 52.7 Å². The molecule has 0 heterocycles. The SMILES string of the molecule is CCN(Cc1ccc(C(=O)NCCC(C)N)cc1)C(C)C.Cl.Cl. The van der Waals surface area contributed by atoms with E-state index in [2.05, 4.69) is 31.0 Å². The van der Waals surface area contributed by atoms with Gasteiger partial charge < -0.3 is 11.1 Å². The molecule has 0 spiro atoms. The summed E-state index contributed by atoms with van der Waals surface area (Å²) in [7, 11) is 0. The van der Waals surface area contributed by atoms with Gasteiger partial charge in [-0.1, -0.05) is 19.1 Å². The van der Waals surface area contributed by atoms with Gasteiger partial charge in [0.2, 0.25) is 0 Å². The first-order chi connectivity index (χ1) is 9.93. The number of carbonyl (C=O) groups excluding carboxylic acids is 1. The Morgan fingerprint density at radius 3 is 2.17 bits per heavy atom. The van der Waals surface area contributed by atoms with E-state index in [4.69, 9.17) is 5.73 Å². The Morgan fingerprint density at radius 1 is 1.17 bits per heavy atom. The first-order valence-electron chi connectivity index (χ1n) is 7.80. The summed E-state index contributed by atoms with van der Waals surface area (Å²) in [6.07, 6.45) is 0.795. The molecule has 0 radical (unpaired) electrons. The normalized spacial score (nSPS) is 11.6. The number of amides is 1. The number of halogens is 2. The molecule has 0 bridgehead atoms. The van der Waals surface area contributed by atoms with Crippen LogP contribution in [0.25, 0.3) is 0 Å². The number of nitrogens with zero attached hydrogens (tertiary/aromatic N) is 1. The van der Waals surface area contributed by atoms with E-state index in [0.717, 1.165) is 19.5 Å². The van der Waals surface area contributed by atoms with Crippen molar-refractivity contribution in [2.75, 3.05) is 13.1 Å². The molecular weight excluding hydrogens is 333 g/mol. The molecule has 1 rings (SSSR count). The summed E-state index contributed by atoms with van der Waals surface area (Å²) in [5.41, 5.74) is 7.60. The smallest absolute Gasteiger partial charge is 0.251 e. The van der Waals surface area contributed by atoms with Crippen LogP contribution in [0.3, 0.4) is 0 Å². The minimum absolute atomic E-state index is 0. The number of hydrogen-bond acceptors (Lipinski definition) is 3. The summed E-state index contributed by atoms with van der Waals surface area (Å²) in [5, 5.41) is 2.89. The standard InChI is InChI=1S/C17H29N3O.2ClH/c1-5-20(13(2)3)12-15-6-8-16(9-7-15)17(21)19-11-10-14(4)18;;/h6-9,13-14H,5,10-12,18H2,1-4H3,(H,19,21);2*1H. The van der Waals surface area contributed by atoms with Crippen LogP contribution < -0.4 is 11.1 Å². The van der Waals surface area contributed by atoms with Crippen LogP contribution in [0, 0.1) is 0 Å². The zero-order valence-corrected chi connectivity index (χ0v) is 16.2. The molecule has 0 aliphatic carbocycles. The molecule has 1 amide bonds. The van der Waals surface area contributed by atoms with Gasteiger partial charge in [-0.05, 0) is 51.4 Å². The van der Waals surface area contributed by atoms with Crippen molar-refractivity contribution in [3.63, 3.8) is 0 Å². The number of nitrogens with two attached hydrogens (primary N) is 1. The lowest BCUT2D eigenvalue weighted by molar-refractivity contribution is 0.0952. The van der Waals surface area contributed by atoms with Gasteiger partial charge in [-0.3, -0.25) is 9.69 Å². The topological polar surface area (TPSA) is 58.4 Å². The van der Waals surface area contributed by atoms with E-state index in [-0.39, 0.29) is 36.8 Å². The van der Waals surface area contributed by atoms with Crippen molar-refractivity contribution in [2.24, 2.45) is 5.73 Å². The molecule has 23 heavy (non-hydrogen) atoms. The molecule has 0 aromatic heterocycles. The van der Waals surface area contributed by atoms with Gasteiger partial charge in [0.15, 0.2) is 0 Å². The predicted molar refractivity (Wildman–Crippen MR) is 103 cm³/mol.